The molecule has 15 heteroatoms. The summed E-state index contributed by atoms with van der Waals surface area (Å²) in [4.78, 5) is 12.0. The highest BCUT2D eigenvalue weighted by Gasteiger charge is 2.52. The van der Waals surface area contributed by atoms with Crippen LogP contribution in [0.2, 0.25) is 0 Å². The van der Waals surface area contributed by atoms with Crippen molar-refractivity contribution in [1.29, 1.82) is 0 Å². The summed E-state index contributed by atoms with van der Waals surface area (Å²) in [5.74, 6) is -2.04. The lowest BCUT2D eigenvalue weighted by Crippen LogP contribution is -2.61. The summed E-state index contributed by atoms with van der Waals surface area (Å²) >= 11 is 0. The molecule has 0 amide bonds. The number of fused-ring (bicyclic) bond motifs is 1. The number of hydrogen-bond donors (Lipinski definition) is 7. The molecule has 236 valence electrons. The van der Waals surface area contributed by atoms with Gasteiger partial charge in [-0.1, -0.05) is 0 Å². The third-order valence-electron chi connectivity index (χ3n) is 7.60. The van der Waals surface area contributed by atoms with E-state index in [4.69, 9.17) is 32.8 Å². The van der Waals surface area contributed by atoms with Gasteiger partial charge in [0.15, 0.2) is 24.5 Å². The first-order valence-corrected chi connectivity index (χ1v) is 13.2. The van der Waals surface area contributed by atoms with Crippen molar-refractivity contribution < 1.29 is 68.6 Å². The summed E-state index contributed by atoms with van der Waals surface area (Å²) in [5.41, 5.74) is -3.58. The van der Waals surface area contributed by atoms with Gasteiger partial charge in [-0.2, -0.15) is 0 Å². The molecule has 1 aromatic carbocycles. The third-order valence-corrected chi connectivity index (χ3v) is 7.60. The van der Waals surface area contributed by atoms with Crippen LogP contribution in [0.5, 0.6) is 11.5 Å². The van der Waals surface area contributed by atoms with Gasteiger partial charge in [-0.25, -0.2) is 4.79 Å². The Labute approximate surface area is 240 Å². The van der Waals surface area contributed by atoms with Crippen molar-refractivity contribution in [3.8, 4) is 11.5 Å². The summed E-state index contributed by atoms with van der Waals surface area (Å²) in [6, 6.07) is 4.33. The lowest BCUT2D eigenvalue weighted by atomic mass is 9.92. The summed E-state index contributed by atoms with van der Waals surface area (Å²) in [6.45, 7) is 1.43. The van der Waals surface area contributed by atoms with Crippen LogP contribution in [0.25, 0.3) is 11.0 Å². The molecule has 4 rings (SSSR count). The molecule has 2 saturated heterocycles. The molecule has 0 unspecified atom stereocenters. The van der Waals surface area contributed by atoms with Gasteiger partial charge in [-0.3, -0.25) is 0 Å². The van der Waals surface area contributed by atoms with Crippen LogP contribution in [0.15, 0.2) is 27.4 Å². The van der Waals surface area contributed by atoms with E-state index in [0.717, 1.165) is 0 Å². The molecule has 2 fully saturated rings. The van der Waals surface area contributed by atoms with Crippen LogP contribution in [0, 0.1) is 0 Å². The van der Waals surface area contributed by atoms with Gasteiger partial charge in [0, 0.05) is 30.5 Å². The van der Waals surface area contributed by atoms with E-state index in [1.807, 2.05) is 0 Å². The van der Waals surface area contributed by atoms with Gasteiger partial charge in [-0.05, 0) is 19.9 Å². The molecular formula is C27H38O15. The van der Waals surface area contributed by atoms with Crippen LogP contribution in [0.4, 0.5) is 0 Å². The highest BCUT2D eigenvalue weighted by Crippen LogP contribution is 2.38. The lowest BCUT2D eigenvalue weighted by Gasteiger charge is -2.45. The van der Waals surface area contributed by atoms with E-state index in [1.54, 1.807) is 6.07 Å². The fourth-order valence-corrected chi connectivity index (χ4v) is 4.91. The minimum Gasteiger partial charge on any atom is -0.496 e. The van der Waals surface area contributed by atoms with Crippen LogP contribution >= 0.6 is 0 Å². The van der Waals surface area contributed by atoms with Crippen LogP contribution in [-0.4, -0.2) is 124 Å². The molecule has 0 bridgehead atoms. The molecule has 15 nitrogen and oxygen atoms in total. The van der Waals surface area contributed by atoms with E-state index in [-0.39, 0.29) is 31.0 Å². The maximum absolute atomic E-state index is 12.0. The minimum absolute atomic E-state index is 0.133. The average molecular weight is 603 g/mol. The lowest BCUT2D eigenvalue weighted by molar-refractivity contribution is -0.374. The van der Waals surface area contributed by atoms with Crippen molar-refractivity contribution >= 4 is 11.0 Å². The average Bonchev–Trinajstić information content (AvgIpc) is 3.23. The molecule has 1 aromatic heterocycles. The number of aliphatic hydroxyl groups is 7. The Morgan fingerprint density at radius 2 is 1.76 bits per heavy atom. The largest absolute Gasteiger partial charge is 0.496 e. The van der Waals surface area contributed by atoms with Gasteiger partial charge in [0.25, 0.3) is 0 Å². The molecule has 7 N–H and O–H groups in total. The summed E-state index contributed by atoms with van der Waals surface area (Å²) in [5, 5.41) is 72.9. The highest BCUT2D eigenvalue weighted by atomic mass is 16.7. The zero-order valence-electron chi connectivity index (χ0n) is 23.6. The molecule has 7 atom stereocenters. The van der Waals surface area contributed by atoms with Crippen molar-refractivity contribution in [2.45, 2.75) is 80.7 Å². The fourth-order valence-electron chi connectivity index (χ4n) is 4.91. The van der Waals surface area contributed by atoms with Gasteiger partial charge in [0.05, 0.1) is 57.2 Å². The van der Waals surface area contributed by atoms with Crippen LogP contribution in [0.1, 0.15) is 25.8 Å². The van der Waals surface area contributed by atoms with Crippen LogP contribution in [0.3, 0.4) is 0 Å². The zero-order valence-corrected chi connectivity index (χ0v) is 23.6. The molecule has 0 spiro atoms. The summed E-state index contributed by atoms with van der Waals surface area (Å²) in [6.07, 6.45) is -9.65. The first-order valence-electron chi connectivity index (χ1n) is 13.2. The Bertz CT molecular complexity index is 1290. The standard InChI is InChI=1S/C27H38O15/c1-25(2,18(29)7-15-17(37-4)8-16(36-3)14-5-6-19(30)41-20(14)15)42-24-22(32)27(34,35)9-13(40-24)10-38-23-21(31)26(33,11-28)12-39-23/h5-6,8,13,18,21-24,28-29,31-35H,7,9-12H2,1-4H3/t13-,18+,21-,22-,23+,24-,26+/m0/s1. The number of aliphatic hydroxyl groups excluding tert-OH is 4. The van der Waals surface area contributed by atoms with Gasteiger partial charge < -0.3 is 68.6 Å². The first kappa shape index (κ1) is 32.5. The predicted molar refractivity (Wildman–Crippen MR) is 141 cm³/mol. The summed E-state index contributed by atoms with van der Waals surface area (Å²) < 4.78 is 38.5. The van der Waals surface area contributed by atoms with E-state index in [1.165, 1.54) is 40.2 Å². The van der Waals surface area contributed by atoms with Crippen molar-refractivity contribution in [2.75, 3.05) is 34.0 Å². The smallest absolute Gasteiger partial charge is 0.336 e. The van der Waals surface area contributed by atoms with Gasteiger partial charge in [0.1, 0.15) is 28.8 Å². The Morgan fingerprint density at radius 3 is 2.38 bits per heavy atom. The topological polar surface area (TPSA) is 227 Å². The Balaban J connectivity index is 1.50. The van der Waals surface area contributed by atoms with Crippen LogP contribution in [-0.2, 0) is 25.4 Å². The van der Waals surface area contributed by atoms with E-state index in [9.17, 15) is 40.5 Å². The Kier molecular flexibility index (Phi) is 9.52. The monoisotopic (exact) mass is 602 g/mol. The maximum atomic E-state index is 12.0. The number of hydrogen-bond acceptors (Lipinski definition) is 15. The molecule has 0 aliphatic carbocycles. The first-order chi connectivity index (χ1) is 19.7. The molecule has 0 saturated carbocycles. The Morgan fingerprint density at radius 1 is 1.07 bits per heavy atom. The second-order valence-corrected chi connectivity index (χ2v) is 11.1. The van der Waals surface area contributed by atoms with E-state index in [0.29, 0.717) is 16.7 Å². The van der Waals surface area contributed by atoms with E-state index in [2.05, 4.69) is 0 Å². The van der Waals surface area contributed by atoms with E-state index < -0.39 is 72.6 Å². The number of methoxy groups -OCH3 is 2. The maximum Gasteiger partial charge on any atom is 0.336 e. The minimum atomic E-state index is -2.68. The van der Waals surface area contributed by atoms with Gasteiger partial charge >= 0.3 is 5.63 Å². The molecule has 2 aliphatic rings. The molecule has 42 heavy (non-hydrogen) atoms. The number of benzene rings is 1. The Hall–Kier alpha value is -2.41. The molecular weight excluding hydrogens is 564 g/mol. The van der Waals surface area contributed by atoms with E-state index >= 15 is 0 Å². The second kappa shape index (κ2) is 12.3. The molecule has 2 aliphatic heterocycles. The van der Waals surface area contributed by atoms with Crippen molar-refractivity contribution in [3.63, 3.8) is 0 Å². The number of ether oxygens (including phenoxy) is 6. The fraction of sp³-hybridized carbons (Fsp3) is 0.667. The zero-order chi connectivity index (χ0) is 31.0. The highest BCUT2D eigenvalue weighted by molar-refractivity contribution is 5.88. The van der Waals surface area contributed by atoms with Gasteiger partial charge in [-0.15, -0.1) is 0 Å². The quantitative estimate of drug-likeness (QED) is 0.110. The number of rotatable bonds is 11. The van der Waals surface area contributed by atoms with Crippen molar-refractivity contribution in [1.82, 2.24) is 0 Å². The predicted octanol–water partition coefficient (Wildman–Crippen LogP) is -1.88. The SMILES string of the molecule is COc1cc(OC)c2ccc(=O)oc2c1C[C@@H](O)C(C)(C)O[C@@H]1O[C@H](CO[C@@H]2OC[C@](O)(CO)[C@H]2O)CC(O)(O)[C@H]1O. The van der Waals surface area contributed by atoms with Gasteiger partial charge in [0.2, 0.25) is 0 Å². The van der Waals surface area contributed by atoms with Crippen molar-refractivity contribution in [3.05, 3.63) is 34.2 Å². The van der Waals surface area contributed by atoms with Crippen LogP contribution < -0.4 is 15.1 Å². The van der Waals surface area contributed by atoms with Crippen molar-refractivity contribution in [2.24, 2.45) is 0 Å². The third kappa shape index (κ3) is 6.41. The summed E-state index contributed by atoms with van der Waals surface area (Å²) in [7, 11) is 2.84. The normalized spacial score (nSPS) is 30.4. The molecule has 0 radical (unpaired) electrons. The molecule has 2 aromatic rings. The molecule has 3 heterocycles. The second-order valence-electron chi connectivity index (χ2n) is 11.1.